The van der Waals surface area contributed by atoms with Crippen LogP contribution in [0.5, 0.6) is 11.5 Å². The van der Waals surface area contributed by atoms with Gasteiger partial charge in [0.1, 0.15) is 13.2 Å². The molecule has 0 fully saturated rings. The van der Waals surface area contributed by atoms with Gasteiger partial charge in [0.25, 0.3) is 0 Å². The minimum atomic E-state index is 0.000331. The molecule has 1 N–H and O–H groups in total. The average Bonchev–Trinajstić information content (AvgIpc) is 3.02. The Labute approximate surface area is 138 Å². The zero-order chi connectivity index (χ0) is 15.6. The van der Waals surface area contributed by atoms with Gasteiger partial charge in [-0.3, -0.25) is 9.69 Å². The topological polar surface area (TPSA) is 50.8 Å². The smallest absolute Gasteiger partial charge is 0.238 e. The Morgan fingerprint density at radius 2 is 2.09 bits per heavy atom. The molecular formula is C17H18N2O3S. The number of carbonyl (C=O) groups excluding carboxylic acids is 1. The molecule has 120 valence electrons. The van der Waals surface area contributed by atoms with Crippen LogP contribution < -0.4 is 14.8 Å². The molecular weight excluding hydrogens is 312 g/mol. The van der Waals surface area contributed by atoms with Gasteiger partial charge >= 0.3 is 0 Å². The molecule has 0 aliphatic carbocycles. The third-order valence-corrected chi connectivity index (χ3v) is 5.10. The molecule has 0 saturated carbocycles. The van der Waals surface area contributed by atoms with Crippen LogP contribution in [-0.2, 0) is 17.8 Å². The number of hydrogen-bond donors (Lipinski definition) is 1. The minimum absolute atomic E-state index is 0.000331. The van der Waals surface area contributed by atoms with Crippen LogP contribution in [0.2, 0.25) is 0 Å². The van der Waals surface area contributed by atoms with Gasteiger partial charge in [-0.2, -0.15) is 0 Å². The van der Waals surface area contributed by atoms with Crippen LogP contribution in [0.3, 0.4) is 0 Å². The normalized spacial score (nSPS) is 16.7. The predicted octanol–water partition coefficient (Wildman–Crippen LogP) is 2.52. The van der Waals surface area contributed by atoms with Gasteiger partial charge in [-0.25, -0.2) is 0 Å². The molecule has 3 heterocycles. The van der Waals surface area contributed by atoms with Crippen LogP contribution in [0.25, 0.3) is 0 Å². The Morgan fingerprint density at radius 3 is 3.00 bits per heavy atom. The molecule has 1 amide bonds. The van der Waals surface area contributed by atoms with E-state index in [0.717, 1.165) is 30.9 Å². The maximum atomic E-state index is 12.3. The van der Waals surface area contributed by atoms with E-state index in [1.54, 1.807) is 0 Å². The van der Waals surface area contributed by atoms with Gasteiger partial charge < -0.3 is 14.8 Å². The molecule has 0 atom stereocenters. The Hall–Kier alpha value is -2.05. The summed E-state index contributed by atoms with van der Waals surface area (Å²) in [6.07, 6.45) is 1.03. The predicted molar refractivity (Wildman–Crippen MR) is 89.4 cm³/mol. The highest BCUT2D eigenvalue weighted by atomic mass is 32.1. The van der Waals surface area contributed by atoms with Crippen molar-refractivity contribution in [1.82, 2.24) is 4.90 Å². The highest BCUT2D eigenvalue weighted by Crippen LogP contribution is 2.32. The molecule has 0 bridgehead atoms. The highest BCUT2D eigenvalue weighted by Gasteiger charge is 2.19. The first-order valence-corrected chi connectivity index (χ1v) is 8.63. The number of hydrogen-bond acceptors (Lipinski definition) is 5. The summed E-state index contributed by atoms with van der Waals surface area (Å²) in [6, 6.07) is 7.66. The summed E-state index contributed by atoms with van der Waals surface area (Å²) in [7, 11) is 0. The van der Waals surface area contributed by atoms with Crippen LogP contribution >= 0.6 is 11.3 Å². The summed E-state index contributed by atoms with van der Waals surface area (Å²) >= 11 is 1.81. The van der Waals surface area contributed by atoms with E-state index in [1.165, 1.54) is 10.4 Å². The second kappa shape index (κ2) is 6.22. The number of amides is 1. The van der Waals surface area contributed by atoms with Gasteiger partial charge in [0, 0.05) is 29.7 Å². The van der Waals surface area contributed by atoms with Gasteiger partial charge in [0.15, 0.2) is 11.5 Å². The molecule has 0 unspecified atom stereocenters. The number of nitrogens with one attached hydrogen (secondary N) is 1. The van der Waals surface area contributed by atoms with Crippen molar-refractivity contribution in [2.75, 3.05) is 31.6 Å². The number of thiophene rings is 1. The van der Waals surface area contributed by atoms with Crippen molar-refractivity contribution in [3.05, 3.63) is 40.1 Å². The van der Waals surface area contributed by atoms with Gasteiger partial charge in [-0.15, -0.1) is 11.3 Å². The van der Waals surface area contributed by atoms with Crippen molar-refractivity contribution in [2.24, 2.45) is 0 Å². The first-order chi connectivity index (χ1) is 11.3. The maximum Gasteiger partial charge on any atom is 0.238 e. The molecule has 2 aliphatic rings. The molecule has 6 heteroatoms. The second-order valence-electron chi connectivity index (χ2n) is 5.74. The van der Waals surface area contributed by atoms with Crippen LogP contribution in [-0.4, -0.2) is 37.1 Å². The summed E-state index contributed by atoms with van der Waals surface area (Å²) in [5, 5.41) is 5.07. The zero-order valence-electron chi connectivity index (χ0n) is 12.7. The summed E-state index contributed by atoms with van der Waals surface area (Å²) in [4.78, 5) is 15.9. The number of fused-ring (bicyclic) bond motifs is 2. The number of ether oxygens (including phenoxy) is 2. The molecule has 4 rings (SSSR count). The Kier molecular flexibility index (Phi) is 3.93. The largest absolute Gasteiger partial charge is 0.486 e. The van der Waals surface area contributed by atoms with Crippen LogP contribution in [0.15, 0.2) is 29.6 Å². The molecule has 5 nitrogen and oxygen atoms in total. The van der Waals surface area contributed by atoms with E-state index < -0.39 is 0 Å². The molecule has 0 spiro atoms. The van der Waals surface area contributed by atoms with Gasteiger partial charge in [0.2, 0.25) is 5.91 Å². The van der Waals surface area contributed by atoms with Gasteiger partial charge in [-0.1, -0.05) is 0 Å². The first kappa shape index (κ1) is 14.5. The van der Waals surface area contributed by atoms with Crippen molar-refractivity contribution in [3.8, 4) is 11.5 Å². The van der Waals surface area contributed by atoms with Crippen LogP contribution in [0.4, 0.5) is 5.69 Å². The molecule has 1 aromatic heterocycles. The van der Waals surface area contributed by atoms with E-state index in [-0.39, 0.29) is 5.91 Å². The monoisotopic (exact) mass is 330 g/mol. The lowest BCUT2D eigenvalue weighted by atomic mass is 10.1. The molecule has 2 aromatic rings. The fourth-order valence-corrected chi connectivity index (χ4v) is 3.86. The Morgan fingerprint density at radius 1 is 1.22 bits per heavy atom. The van der Waals surface area contributed by atoms with E-state index in [0.29, 0.717) is 25.5 Å². The van der Waals surface area contributed by atoms with Crippen LogP contribution in [0.1, 0.15) is 10.4 Å². The lowest BCUT2D eigenvalue weighted by molar-refractivity contribution is -0.117. The number of nitrogens with zero attached hydrogens (tertiary/aromatic N) is 1. The van der Waals surface area contributed by atoms with E-state index in [9.17, 15) is 4.79 Å². The van der Waals surface area contributed by atoms with E-state index in [2.05, 4.69) is 21.7 Å². The minimum Gasteiger partial charge on any atom is -0.486 e. The quantitative estimate of drug-likeness (QED) is 0.939. The van der Waals surface area contributed by atoms with Gasteiger partial charge in [0.05, 0.1) is 6.54 Å². The van der Waals surface area contributed by atoms with Crippen molar-refractivity contribution in [2.45, 2.75) is 13.0 Å². The highest BCUT2D eigenvalue weighted by molar-refractivity contribution is 7.10. The molecule has 2 aliphatic heterocycles. The van der Waals surface area contributed by atoms with Gasteiger partial charge in [-0.05, 0) is 35.6 Å². The number of carbonyl (C=O) groups is 1. The molecule has 23 heavy (non-hydrogen) atoms. The average molecular weight is 330 g/mol. The summed E-state index contributed by atoms with van der Waals surface area (Å²) in [5.74, 6) is 1.42. The fourth-order valence-electron chi connectivity index (χ4n) is 2.97. The molecule has 0 radical (unpaired) electrons. The van der Waals surface area contributed by atoms with E-state index >= 15 is 0 Å². The number of anilines is 1. The summed E-state index contributed by atoms with van der Waals surface area (Å²) in [6.45, 7) is 3.30. The lowest BCUT2D eigenvalue weighted by Gasteiger charge is -2.26. The van der Waals surface area contributed by atoms with Crippen molar-refractivity contribution >= 4 is 22.9 Å². The molecule has 0 saturated heterocycles. The van der Waals surface area contributed by atoms with Crippen LogP contribution in [0, 0.1) is 0 Å². The third-order valence-electron chi connectivity index (χ3n) is 4.08. The Bertz CT molecular complexity index is 728. The SMILES string of the molecule is O=C(CN1CCc2sccc2C1)Nc1ccc2c(c1)OCCO2. The van der Waals surface area contributed by atoms with Crippen molar-refractivity contribution in [3.63, 3.8) is 0 Å². The standard InChI is InChI=1S/C17H18N2O3S/c20-17(11-19-5-3-16-12(10-19)4-8-23-16)18-13-1-2-14-15(9-13)22-7-6-21-14/h1-2,4,8-9H,3,5-7,10-11H2,(H,18,20). The zero-order valence-corrected chi connectivity index (χ0v) is 13.5. The maximum absolute atomic E-state index is 12.3. The van der Waals surface area contributed by atoms with Crippen molar-refractivity contribution < 1.29 is 14.3 Å². The number of rotatable bonds is 3. The van der Waals surface area contributed by atoms with E-state index in [1.807, 2.05) is 29.5 Å². The Balaban J connectivity index is 1.37. The van der Waals surface area contributed by atoms with Crippen molar-refractivity contribution in [1.29, 1.82) is 0 Å². The first-order valence-electron chi connectivity index (χ1n) is 7.75. The summed E-state index contributed by atoms with van der Waals surface area (Å²) in [5.41, 5.74) is 2.10. The molecule has 1 aromatic carbocycles. The second-order valence-corrected chi connectivity index (χ2v) is 6.74. The summed E-state index contributed by atoms with van der Waals surface area (Å²) < 4.78 is 11.0. The lowest BCUT2D eigenvalue weighted by Crippen LogP contribution is -2.36. The fraction of sp³-hybridized carbons (Fsp3) is 0.353. The third kappa shape index (κ3) is 3.18. The van der Waals surface area contributed by atoms with E-state index in [4.69, 9.17) is 9.47 Å². The number of benzene rings is 1.